The van der Waals surface area contributed by atoms with E-state index < -0.39 is 5.97 Å². The van der Waals surface area contributed by atoms with Crippen molar-refractivity contribution in [2.75, 3.05) is 0 Å². The van der Waals surface area contributed by atoms with Crippen molar-refractivity contribution in [1.29, 1.82) is 0 Å². The molecule has 0 aliphatic heterocycles. The van der Waals surface area contributed by atoms with Crippen LogP contribution in [0.5, 0.6) is 0 Å². The number of para-hydroxylation sites is 1. The Kier molecular flexibility index (Phi) is 3.19. The second-order valence-corrected chi connectivity index (χ2v) is 4.41. The fraction of sp³-hybridized carbons (Fsp3) is 0.286. The first-order valence-electron chi connectivity index (χ1n) is 5.82. The first-order chi connectivity index (χ1) is 8.50. The Bertz CT molecular complexity index is 625. The summed E-state index contributed by atoms with van der Waals surface area (Å²) in [5.41, 5.74) is 2.65. The highest BCUT2D eigenvalue weighted by Crippen LogP contribution is 2.25. The second-order valence-electron chi connectivity index (χ2n) is 4.41. The number of carbonyl (C=O) groups is 2. The highest BCUT2D eigenvalue weighted by molar-refractivity contribution is 6.07. The van der Waals surface area contributed by atoms with Crippen LogP contribution in [0.25, 0.3) is 10.9 Å². The van der Waals surface area contributed by atoms with Crippen LogP contribution in [0.15, 0.2) is 24.4 Å². The van der Waals surface area contributed by atoms with E-state index in [-0.39, 0.29) is 12.2 Å². The number of ketones is 1. The molecule has 0 bridgehead atoms. The zero-order valence-electron chi connectivity index (χ0n) is 10.4. The average Bonchev–Trinajstić information content (AvgIpc) is 2.67. The molecule has 0 atom stereocenters. The molecular weight excluding hydrogens is 230 g/mol. The molecule has 1 N–H and O–H groups in total. The van der Waals surface area contributed by atoms with Gasteiger partial charge in [-0.2, -0.15) is 0 Å². The first kappa shape index (κ1) is 12.4. The normalized spacial score (nSPS) is 10.8. The van der Waals surface area contributed by atoms with Crippen LogP contribution in [0.2, 0.25) is 0 Å². The number of benzene rings is 1. The molecule has 2 rings (SSSR count). The maximum atomic E-state index is 11.6. The zero-order valence-corrected chi connectivity index (χ0v) is 10.4. The van der Waals surface area contributed by atoms with Crippen molar-refractivity contribution < 1.29 is 14.7 Å². The number of fused-ring (bicyclic) bond motifs is 1. The fourth-order valence-electron chi connectivity index (χ4n) is 2.22. The molecule has 1 aromatic heterocycles. The predicted octanol–water partition coefficient (Wildman–Crippen LogP) is 2.63. The van der Waals surface area contributed by atoms with Crippen LogP contribution in [0.1, 0.15) is 29.3 Å². The Hall–Kier alpha value is -2.10. The van der Waals surface area contributed by atoms with Gasteiger partial charge in [0.1, 0.15) is 0 Å². The Morgan fingerprint density at radius 3 is 2.67 bits per heavy atom. The largest absolute Gasteiger partial charge is 0.481 e. The van der Waals surface area contributed by atoms with Gasteiger partial charge in [-0.1, -0.05) is 18.2 Å². The second kappa shape index (κ2) is 4.64. The quantitative estimate of drug-likeness (QED) is 0.842. The van der Waals surface area contributed by atoms with Gasteiger partial charge >= 0.3 is 5.97 Å². The van der Waals surface area contributed by atoms with Gasteiger partial charge in [0.05, 0.1) is 11.9 Å². The Labute approximate surface area is 105 Å². The van der Waals surface area contributed by atoms with Gasteiger partial charge in [0.25, 0.3) is 0 Å². The van der Waals surface area contributed by atoms with E-state index in [1.807, 2.05) is 29.7 Å². The van der Waals surface area contributed by atoms with Crippen LogP contribution in [-0.2, 0) is 11.3 Å². The lowest BCUT2D eigenvalue weighted by Crippen LogP contribution is -2.04. The minimum atomic E-state index is -0.838. The molecule has 0 radical (unpaired) electrons. The molecule has 1 aromatic carbocycles. The number of aliphatic carboxylic acids is 1. The number of hydrogen-bond donors (Lipinski definition) is 1. The molecule has 4 nitrogen and oxygen atoms in total. The van der Waals surface area contributed by atoms with Crippen molar-refractivity contribution in [2.45, 2.75) is 26.8 Å². The predicted molar refractivity (Wildman–Crippen MR) is 68.9 cm³/mol. The number of carbonyl (C=O) groups excluding carboxylic acids is 1. The zero-order chi connectivity index (χ0) is 13.3. The van der Waals surface area contributed by atoms with Crippen molar-refractivity contribution in [3.05, 3.63) is 35.5 Å². The topological polar surface area (TPSA) is 59.3 Å². The number of nitrogens with zero attached hydrogens (tertiary/aromatic N) is 1. The molecule has 0 aliphatic carbocycles. The van der Waals surface area contributed by atoms with Crippen LogP contribution < -0.4 is 0 Å². The third-order valence-electron chi connectivity index (χ3n) is 3.05. The molecule has 1 heterocycles. The summed E-state index contributed by atoms with van der Waals surface area (Å²) >= 11 is 0. The average molecular weight is 245 g/mol. The summed E-state index contributed by atoms with van der Waals surface area (Å²) in [5.74, 6) is -0.838. The lowest BCUT2D eigenvalue weighted by atomic mass is 10.1. The van der Waals surface area contributed by atoms with E-state index in [1.54, 1.807) is 6.20 Å². The van der Waals surface area contributed by atoms with Gasteiger partial charge in [0.2, 0.25) is 0 Å². The molecule has 0 saturated heterocycles. The number of aryl methyl sites for hydroxylation is 2. The van der Waals surface area contributed by atoms with Crippen molar-refractivity contribution in [1.82, 2.24) is 4.57 Å². The minimum absolute atomic E-state index is 0.000301. The van der Waals surface area contributed by atoms with E-state index in [0.29, 0.717) is 12.1 Å². The van der Waals surface area contributed by atoms with Gasteiger partial charge in [-0.05, 0) is 19.4 Å². The molecule has 94 valence electrons. The maximum absolute atomic E-state index is 11.6. The van der Waals surface area contributed by atoms with Crippen molar-refractivity contribution in [3.63, 3.8) is 0 Å². The number of rotatable bonds is 4. The monoisotopic (exact) mass is 245 g/mol. The van der Waals surface area contributed by atoms with E-state index in [1.165, 1.54) is 6.92 Å². The summed E-state index contributed by atoms with van der Waals surface area (Å²) in [4.78, 5) is 22.2. The van der Waals surface area contributed by atoms with Crippen molar-refractivity contribution >= 4 is 22.7 Å². The lowest BCUT2D eigenvalue weighted by molar-refractivity contribution is -0.137. The molecule has 0 fully saturated rings. The number of hydrogen-bond acceptors (Lipinski definition) is 2. The molecule has 0 spiro atoms. The smallest absolute Gasteiger partial charge is 0.305 e. The molecule has 0 amide bonds. The molecule has 0 unspecified atom stereocenters. The van der Waals surface area contributed by atoms with E-state index in [9.17, 15) is 9.59 Å². The highest BCUT2D eigenvalue weighted by Gasteiger charge is 2.13. The Morgan fingerprint density at radius 2 is 2.06 bits per heavy atom. The van der Waals surface area contributed by atoms with Crippen LogP contribution in [0, 0.1) is 6.92 Å². The summed E-state index contributed by atoms with van der Waals surface area (Å²) in [5, 5.41) is 9.65. The molecule has 0 aliphatic rings. The van der Waals surface area contributed by atoms with Gasteiger partial charge in [0.15, 0.2) is 5.78 Å². The van der Waals surface area contributed by atoms with E-state index in [0.717, 1.165) is 16.5 Å². The summed E-state index contributed by atoms with van der Waals surface area (Å²) in [6, 6.07) is 5.77. The fourth-order valence-corrected chi connectivity index (χ4v) is 2.22. The van der Waals surface area contributed by atoms with Gasteiger partial charge in [-0.3, -0.25) is 9.59 Å². The van der Waals surface area contributed by atoms with Gasteiger partial charge < -0.3 is 9.67 Å². The van der Waals surface area contributed by atoms with Gasteiger partial charge in [-0.25, -0.2) is 0 Å². The lowest BCUT2D eigenvalue weighted by Gasteiger charge is -2.05. The molecule has 0 saturated carbocycles. The standard InChI is InChI=1S/C14H15NO3/c1-9-4-3-5-11-12(10(2)16)8-15(14(9)11)7-6-13(17)18/h3-5,8H,6-7H2,1-2H3,(H,17,18). The molecule has 2 aromatic rings. The number of carboxylic acid groups (broad SMARTS) is 1. The van der Waals surface area contributed by atoms with E-state index in [4.69, 9.17) is 5.11 Å². The summed E-state index contributed by atoms with van der Waals surface area (Å²) < 4.78 is 1.86. The van der Waals surface area contributed by atoms with Crippen LogP contribution in [-0.4, -0.2) is 21.4 Å². The van der Waals surface area contributed by atoms with Crippen LogP contribution in [0.3, 0.4) is 0 Å². The molecule has 4 heteroatoms. The minimum Gasteiger partial charge on any atom is -0.481 e. The molecule has 18 heavy (non-hydrogen) atoms. The van der Waals surface area contributed by atoms with Crippen molar-refractivity contribution in [3.8, 4) is 0 Å². The van der Waals surface area contributed by atoms with Gasteiger partial charge in [-0.15, -0.1) is 0 Å². The van der Waals surface area contributed by atoms with E-state index in [2.05, 4.69) is 0 Å². The first-order valence-corrected chi connectivity index (χ1v) is 5.82. The summed E-state index contributed by atoms with van der Waals surface area (Å²) in [6.45, 7) is 3.87. The van der Waals surface area contributed by atoms with Crippen LogP contribution >= 0.6 is 0 Å². The third kappa shape index (κ3) is 2.14. The SMILES string of the molecule is CC(=O)c1cn(CCC(=O)O)c2c(C)cccc12. The number of carboxylic acids is 1. The number of aromatic nitrogens is 1. The third-order valence-corrected chi connectivity index (χ3v) is 3.05. The summed E-state index contributed by atoms with van der Waals surface area (Å²) in [7, 11) is 0. The summed E-state index contributed by atoms with van der Waals surface area (Å²) in [6.07, 6.45) is 1.80. The Morgan fingerprint density at radius 1 is 1.33 bits per heavy atom. The maximum Gasteiger partial charge on any atom is 0.305 e. The van der Waals surface area contributed by atoms with Crippen LogP contribution in [0.4, 0.5) is 0 Å². The van der Waals surface area contributed by atoms with Gasteiger partial charge in [0, 0.05) is 23.7 Å². The van der Waals surface area contributed by atoms with E-state index >= 15 is 0 Å². The van der Waals surface area contributed by atoms with Crippen molar-refractivity contribution in [2.24, 2.45) is 0 Å². The highest BCUT2D eigenvalue weighted by atomic mass is 16.4. The Balaban J connectivity index is 2.58. The molecular formula is C14H15NO3. The number of Topliss-reactive ketones (excluding diaryl/α,β-unsaturated/α-hetero) is 1.